The summed E-state index contributed by atoms with van der Waals surface area (Å²) in [7, 11) is 0. The van der Waals surface area contributed by atoms with Crippen LogP contribution in [0.4, 0.5) is 0 Å². The smallest absolute Gasteiger partial charge is 0.245 e. The number of piperazine rings is 1. The van der Waals surface area contributed by atoms with Gasteiger partial charge in [-0.05, 0) is 20.8 Å². The zero-order chi connectivity index (χ0) is 12.6. The molecule has 17 heavy (non-hydrogen) atoms. The molecule has 0 radical (unpaired) electrons. The van der Waals surface area contributed by atoms with E-state index in [1.165, 1.54) is 0 Å². The summed E-state index contributed by atoms with van der Waals surface area (Å²) < 4.78 is 0. The molecule has 1 atom stereocenters. The van der Waals surface area contributed by atoms with E-state index in [1.807, 2.05) is 13.8 Å². The molecule has 1 aromatic heterocycles. The van der Waals surface area contributed by atoms with Crippen molar-refractivity contribution in [3.05, 3.63) is 15.6 Å². The van der Waals surface area contributed by atoms with E-state index in [-0.39, 0.29) is 18.4 Å². The lowest BCUT2D eigenvalue weighted by Crippen LogP contribution is -2.56. The summed E-state index contributed by atoms with van der Waals surface area (Å²) in [5.41, 5.74) is 0.993. The molecule has 0 saturated carbocycles. The lowest BCUT2D eigenvalue weighted by Gasteiger charge is -2.30. The van der Waals surface area contributed by atoms with Crippen LogP contribution in [0.1, 0.15) is 22.5 Å². The molecule has 1 aliphatic heterocycles. The minimum atomic E-state index is -0.432. The van der Waals surface area contributed by atoms with E-state index in [4.69, 9.17) is 0 Å². The highest BCUT2D eigenvalue weighted by Gasteiger charge is 2.29. The minimum absolute atomic E-state index is 0.0462. The fourth-order valence-corrected chi connectivity index (χ4v) is 2.73. The summed E-state index contributed by atoms with van der Waals surface area (Å²) in [6.07, 6.45) is 0. The Labute approximate surface area is 104 Å². The molecule has 1 N–H and O–H groups in total. The van der Waals surface area contributed by atoms with E-state index in [0.717, 1.165) is 15.6 Å². The first kappa shape index (κ1) is 12.0. The van der Waals surface area contributed by atoms with Crippen molar-refractivity contribution in [1.29, 1.82) is 0 Å². The molecule has 1 saturated heterocycles. The van der Waals surface area contributed by atoms with Gasteiger partial charge in [-0.3, -0.25) is 9.59 Å². The van der Waals surface area contributed by atoms with Crippen molar-refractivity contribution >= 4 is 23.2 Å². The lowest BCUT2D eigenvalue weighted by atomic mass is 10.2. The molecule has 0 bridgehead atoms. The quantitative estimate of drug-likeness (QED) is 0.840. The first-order valence-corrected chi connectivity index (χ1v) is 6.30. The van der Waals surface area contributed by atoms with Gasteiger partial charge in [-0.2, -0.15) is 0 Å². The highest BCUT2D eigenvalue weighted by atomic mass is 32.1. The van der Waals surface area contributed by atoms with Gasteiger partial charge in [-0.15, -0.1) is 11.3 Å². The van der Waals surface area contributed by atoms with Crippen LogP contribution < -0.4 is 5.32 Å². The average Bonchev–Trinajstić information content (AvgIpc) is 2.54. The van der Waals surface area contributed by atoms with Crippen LogP contribution in [0.5, 0.6) is 0 Å². The van der Waals surface area contributed by atoms with E-state index in [2.05, 4.69) is 10.3 Å². The van der Waals surface area contributed by atoms with Gasteiger partial charge in [0.1, 0.15) is 17.6 Å². The Kier molecular flexibility index (Phi) is 3.15. The van der Waals surface area contributed by atoms with Crippen molar-refractivity contribution in [3.8, 4) is 0 Å². The topological polar surface area (TPSA) is 62.3 Å². The maximum Gasteiger partial charge on any atom is 0.245 e. The number of aromatic nitrogens is 1. The molecule has 1 unspecified atom stereocenters. The van der Waals surface area contributed by atoms with Gasteiger partial charge in [0.15, 0.2) is 0 Å². The Bertz CT molecular complexity index is 450. The van der Waals surface area contributed by atoms with Crippen molar-refractivity contribution < 1.29 is 9.59 Å². The normalized spacial score (nSPS) is 20.6. The monoisotopic (exact) mass is 253 g/mol. The Morgan fingerprint density at radius 3 is 2.76 bits per heavy atom. The second kappa shape index (κ2) is 4.44. The van der Waals surface area contributed by atoms with Crippen LogP contribution in [0.2, 0.25) is 0 Å². The summed E-state index contributed by atoms with van der Waals surface area (Å²) in [4.78, 5) is 30.3. The second-order valence-corrected chi connectivity index (χ2v) is 5.52. The summed E-state index contributed by atoms with van der Waals surface area (Å²) in [6.45, 7) is 6.20. The predicted octanol–water partition coefficient (Wildman–Crippen LogP) is 0.607. The fourth-order valence-electron chi connectivity index (χ4n) is 1.78. The SMILES string of the molecule is Cc1nc(CN2CC(=O)NC(C)C2=O)sc1C. The standard InChI is InChI=1S/C11H15N3O2S/c1-6-8(3)17-10(13-6)5-14-4-9(15)12-7(2)11(14)16/h7H,4-5H2,1-3H3,(H,12,15). The number of carbonyl (C=O) groups is 2. The van der Waals surface area contributed by atoms with Crippen molar-refractivity contribution in [2.45, 2.75) is 33.4 Å². The largest absolute Gasteiger partial charge is 0.343 e. The lowest BCUT2D eigenvalue weighted by molar-refractivity contribution is -0.144. The molecular formula is C11H15N3O2S. The minimum Gasteiger partial charge on any atom is -0.343 e. The third-order valence-corrected chi connectivity index (χ3v) is 3.85. The molecule has 2 heterocycles. The number of aryl methyl sites for hydroxylation is 2. The molecular weight excluding hydrogens is 238 g/mol. The van der Waals surface area contributed by atoms with Crippen LogP contribution in [0.3, 0.4) is 0 Å². The van der Waals surface area contributed by atoms with Crippen molar-refractivity contribution in [2.24, 2.45) is 0 Å². The molecule has 92 valence electrons. The average molecular weight is 253 g/mol. The Hall–Kier alpha value is -1.43. The molecule has 2 amide bonds. The maximum absolute atomic E-state index is 11.9. The predicted molar refractivity (Wildman–Crippen MR) is 64.6 cm³/mol. The Balaban J connectivity index is 2.12. The van der Waals surface area contributed by atoms with E-state index >= 15 is 0 Å². The third-order valence-electron chi connectivity index (χ3n) is 2.79. The maximum atomic E-state index is 11.9. The summed E-state index contributed by atoms with van der Waals surface area (Å²) >= 11 is 1.58. The van der Waals surface area contributed by atoms with Crippen molar-refractivity contribution in [2.75, 3.05) is 6.54 Å². The number of carbonyl (C=O) groups excluding carboxylic acids is 2. The van der Waals surface area contributed by atoms with E-state index in [1.54, 1.807) is 23.2 Å². The first-order valence-electron chi connectivity index (χ1n) is 5.48. The number of rotatable bonds is 2. The molecule has 6 heteroatoms. The van der Waals surface area contributed by atoms with E-state index in [0.29, 0.717) is 6.54 Å². The van der Waals surface area contributed by atoms with Gasteiger partial charge in [0.2, 0.25) is 11.8 Å². The van der Waals surface area contributed by atoms with Gasteiger partial charge in [-0.25, -0.2) is 4.98 Å². The van der Waals surface area contributed by atoms with Crippen LogP contribution in [-0.2, 0) is 16.1 Å². The fraction of sp³-hybridized carbons (Fsp3) is 0.545. The zero-order valence-corrected chi connectivity index (χ0v) is 10.9. The number of amides is 2. The highest BCUT2D eigenvalue weighted by molar-refractivity contribution is 7.11. The molecule has 0 aliphatic carbocycles. The van der Waals surface area contributed by atoms with Crippen LogP contribution >= 0.6 is 11.3 Å². The summed E-state index contributed by atoms with van der Waals surface area (Å²) in [6, 6.07) is -0.432. The van der Waals surface area contributed by atoms with Gasteiger partial charge in [-0.1, -0.05) is 0 Å². The Morgan fingerprint density at radius 1 is 1.47 bits per heavy atom. The summed E-state index contributed by atoms with van der Waals surface area (Å²) in [5.74, 6) is -0.155. The zero-order valence-electron chi connectivity index (χ0n) is 10.1. The molecule has 5 nitrogen and oxygen atoms in total. The third kappa shape index (κ3) is 2.46. The highest BCUT2D eigenvalue weighted by Crippen LogP contribution is 2.19. The molecule has 2 rings (SSSR count). The van der Waals surface area contributed by atoms with Crippen LogP contribution in [0.15, 0.2) is 0 Å². The number of hydrogen-bond acceptors (Lipinski definition) is 4. The van der Waals surface area contributed by atoms with Crippen LogP contribution in [-0.4, -0.2) is 34.3 Å². The van der Waals surface area contributed by atoms with Crippen LogP contribution in [0.25, 0.3) is 0 Å². The van der Waals surface area contributed by atoms with Gasteiger partial charge >= 0.3 is 0 Å². The van der Waals surface area contributed by atoms with Gasteiger partial charge in [0.25, 0.3) is 0 Å². The molecule has 0 spiro atoms. The number of thiazole rings is 1. The van der Waals surface area contributed by atoms with Gasteiger partial charge < -0.3 is 10.2 Å². The van der Waals surface area contributed by atoms with E-state index < -0.39 is 6.04 Å². The van der Waals surface area contributed by atoms with Crippen molar-refractivity contribution in [1.82, 2.24) is 15.2 Å². The Morgan fingerprint density at radius 2 is 2.18 bits per heavy atom. The second-order valence-electron chi connectivity index (χ2n) is 4.23. The molecule has 1 fully saturated rings. The first-order chi connectivity index (χ1) is 7.97. The van der Waals surface area contributed by atoms with E-state index in [9.17, 15) is 9.59 Å². The molecule has 1 aromatic rings. The summed E-state index contributed by atoms with van der Waals surface area (Å²) in [5, 5.41) is 3.50. The van der Waals surface area contributed by atoms with Crippen molar-refractivity contribution in [3.63, 3.8) is 0 Å². The number of hydrogen-bond donors (Lipinski definition) is 1. The molecule has 1 aliphatic rings. The number of nitrogens with one attached hydrogen (secondary N) is 1. The van der Waals surface area contributed by atoms with Gasteiger partial charge in [0, 0.05) is 4.88 Å². The number of nitrogens with zero attached hydrogens (tertiary/aromatic N) is 2. The van der Waals surface area contributed by atoms with Gasteiger partial charge in [0.05, 0.1) is 12.2 Å². The van der Waals surface area contributed by atoms with Crippen LogP contribution in [0, 0.1) is 13.8 Å². The molecule has 0 aromatic carbocycles.